The molecule has 0 radical (unpaired) electrons. The highest BCUT2D eigenvalue weighted by Crippen LogP contribution is 2.05. The van der Waals surface area contributed by atoms with Gasteiger partial charge in [-0.3, -0.25) is 9.98 Å². The van der Waals surface area contributed by atoms with Crippen molar-refractivity contribution in [3.8, 4) is 0 Å². The van der Waals surface area contributed by atoms with Crippen molar-refractivity contribution in [2.75, 3.05) is 13.2 Å². The monoisotopic (exact) mass is 224 g/mol. The van der Waals surface area contributed by atoms with E-state index in [1.54, 1.807) is 13.1 Å². The fraction of sp³-hybridized carbons (Fsp3) is 0.300. The number of ether oxygens (including phenoxy) is 1. The lowest BCUT2D eigenvalue weighted by Crippen LogP contribution is -2.27. The Kier molecular flexibility index (Phi) is 2.68. The Labute approximate surface area is 91.3 Å². The van der Waals surface area contributed by atoms with Gasteiger partial charge in [0.2, 0.25) is 0 Å². The summed E-state index contributed by atoms with van der Waals surface area (Å²) in [6.45, 7) is 2.43. The maximum Gasteiger partial charge on any atom is 0.336 e. The number of hydrogen-bond acceptors (Lipinski definition) is 4. The van der Waals surface area contributed by atoms with Gasteiger partial charge in [-0.25, -0.2) is 4.79 Å². The van der Waals surface area contributed by atoms with Crippen molar-refractivity contribution in [3.05, 3.63) is 28.0 Å². The molecule has 78 valence electrons. The predicted octanol–water partition coefficient (Wildman–Crippen LogP) is 0.0820. The van der Waals surface area contributed by atoms with Gasteiger partial charge < -0.3 is 4.74 Å². The average Bonchev–Trinajstić information content (AvgIpc) is 2.63. The van der Waals surface area contributed by atoms with Gasteiger partial charge in [0.25, 0.3) is 0 Å². The van der Waals surface area contributed by atoms with Crippen molar-refractivity contribution in [1.29, 1.82) is 0 Å². The molecule has 0 unspecified atom stereocenters. The minimum Gasteiger partial charge on any atom is -0.463 e. The number of rotatable bonds is 2. The Morgan fingerprint density at radius 1 is 1.60 bits per heavy atom. The molecule has 2 heterocycles. The predicted molar refractivity (Wildman–Crippen MR) is 54.9 cm³/mol. The third-order valence-electron chi connectivity index (χ3n) is 2.11. The van der Waals surface area contributed by atoms with Crippen LogP contribution in [0.1, 0.15) is 6.92 Å². The highest BCUT2D eigenvalue weighted by molar-refractivity contribution is 6.31. The van der Waals surface area contributed by atoms with Crippen LogP contribution < -0.4 is 10.6 Å². The molecule has 4 nitrogen and oxygen atoms in total. The molecule has 0 aliphatic carbocycles. The number of fused-ring (bicyclic) bond motifs is 1. The minimum absolute atomic E-state index is 0.319. The second-order valence-electron chi connectivity index (χ2n) is 3.03. The summed E-state index contributed by atoms with van der Waals surface area (Å²) in [6.07, 6.45) is 3.09. The molecule has 0 bridgehead atoms. The summed E-state index contributed by atoms with van der Waals surface area (Å²) in [5, 5.41) is 1.76. The molecular formula is C10H9ClN2O2. The first-order valence-electron chi connectivity index (χ1n) is 4.58. The number of esters is 1. The lowest BCUT2D eigenvalue weighted by atomic mass is 10.2. The summed E-state index contributed by atoms with van der Waals surface area (Å²) in [7, 11) is 0. The molecule has 5 heteroatoms. The SMILES string of the molecule is CCOC(=O)C1=c2c(Cl)cncc2=NC1. The Hall–Kier alpha value is -1.42. The zero-order valence-electron chi connectivity index (χ0n) is 8.16. The Balaban J connectivity index is 2.60. The molecule has 1 aliphatic rings. The highest BCUT2D eigenvalue weighted by Gasteiger charge is 2.17. The van der Waals surface area contributed by atoms with Crippen LogP contribution in [0.2, 0.25) is 5.02 Å². The Bertz CT molecular complexity index is 525. The number of nitrogens with zero attached hydrogens (tertiary/aromatic N) is 2. The third kappa shape index (κ3) is 1.72. The first-order valence-corrected chi connectivity index (χ1v) is 4.96. The number of aromatic nitrogens is 1. The van der Waals surface area contributed by atoms with Crippen LogP contribution in [-0.4, -0.2) is 24.1 Å². The third-order valence-corrected chi connectivity index (χ3v) is 2.40. The van der Waals surface area contributed by atoms with E-state index in [1.807, 2.05) is 0 Å². The van der Waals surface area contributed by atoms with Gasteiger partial charge in [-0.05, 0) is 6.92 Å². The summed E-state index contributed by atoms with van der Waals surface area (Å²) in [6, 6.07) is 0. The van der Waals surface area contributed by atoms with Crippen LogP contribution in [0.15, 0.2) is 17.4 Å². The van der Waals surface area contributed by atoms with Crippen molar-refractivity contribution in [2.45, 2.75) is 6.92 Å². The standard InChI is InChI=1S/C10H9ClN2O2/c1-2-15-10(14)6-3-13-8-5-12-4-7(11)9(6)8/h4-5H,2-3H2,1H3. The van der Waals surface area contributed by atoms with E-state index < -0.39 is 0 Å². The number of hydrogen-bond donors (Lipinski definition) is 0. The van der Waals surface area contributed by atoms with Gasteiger partial charge in [-0.15, -0.1) is 0 Å². The molecule has 0 aromatic carbocycles. The maximum absolute atomic E-state index is 11.6. The molecule has 0 spiro atoms. The molecule has 0 N–H and O–H groups in total. The quantitative estimate of drug-likeness (QED) is 0.669. The van der Waals surface area contributed by atoms with E-state index in [0.29, 0.717) is 34.3 Å². The first-order chi connectivity index (χ1) is 7.24. The van der Waals surface area contributed by atoms with Crippen LogP contribution in [-0.2, 0) is 9.53 Å². The van der Waals surface area contributed by atoms with E-state index in [4.69, 9.17) is 16.3 Å². The second-order valence-corrected chi connectivity index (χ2v) is 3.44. The Morgan fingerprint density at radius 2 is 2.40 bits per heavy atom. The fourth-order valence-corrected chi connectivity index (χ4v) is 1.74. The molecule has 0 fully saturated rings. The molecular weight excluding hydrogens is 216 g/mol. The van der Waals surface area contributed by atoms with Crippen LogP contribution >= 0.6 is 11.6 Å². The molecule has 1 aromatic rings. The van der Waals surface area contributed by atoms with E-state index in [2.05, 4.69) is 9.98 Å². The number of carbonyl (C=O) groups is 1. The van der Waals surface area contributed by atoms with Crippen LogP contribution in [0.3, 0.4) is 0 Å². The summed E-state index contributed by atoms with van der Waals surface area (Å²) >= 11 is 5.96. The lowest BCUT2D eigenvalue weighted by Gasteiger charge is -2.01. The van der Waals surface area contributed by atoms with Crippen molar-refractivity contribution >= 4 is 23.1 Å². The minimum atomic E-state index is -0.354. The van der Waals surface area contributed by atoms with E-state index in [9.17, 15) is 4.79 Å². The summed E-state index contributed by atoms with van der Waals surface area (Å²) in [5.41, 5.74) is 0.513. The van der Waals surface area contributed by atoms with E-state index in [0.717, 1.165) is 0 Å². The molecule has 0 saturated heterocycles. The Morgan fingerprint density at radius 3 is 3.13 bits per heavy atom. The maximum atomic E-state index is 11.6. The largest absolute Gasteiger partial charge is 0.463 e. The number of pyridine rings is 1. The summed E-state index contributed by atoms with van der Waals surface area (Å²) in [5.74, 6) is -0.354. The lowest BCUT2D eigenvalue weighted by molar-refractivity contribution is -0.136. The average molecular weight is 225 g/mol. The zero-order valence-corrected chi connectivity index (χ0v) is 8.91. The fourth-order valence-electron chi connectivity index (χ4n) is 1.47. The van der Waals surface area contributed by atoms with Crippen LogP contribution in [0.25, 0.3) is 5.57 Å². The smallest absolute Gasteiger partial charge is 0.336 e. The van der Waals surface area contributed by atoms with Gasteiger partial charge in [0, 0.05) is 11.4 Å². The molecule has 0 saturated carbocycles. The van der Waals surface area contributed by atoms with Crippen LogP contribution in [0.4, 0.5) is 0 Å². The van der Waals surface area contributed by atoms with Gasteiger partial charge in [0.15, 0.2) is 0 Å². The van der Waals surface area contributed by atoms with Crippen molar-refractivity contribution in [2.24, 2.45) is 4.99 Å². The van der Waals surface area contributed by atoms with Crippen molar-refractivity contribution in [1.82, 2.24) is 4.98 Å². The molecule has 15 heavy (non-hydrogen) atoms. The molecule has 2 rings (SSSR count). The van der Waals surface area contributed by atoms with Crippen LogP contribution in [0.5, 0.6) is 0 Å². The number of halogens is 1. The highest BCUT2D eigenvalue weighted by atomic mass is 35.5. The second kappa shape index (κ2) is 3.98. The summed E-state index contributed by atoms with van der Waals surface area (Å²) < 4.78 is 4.92. The van der Waals surface area contributed by atoms with Gasteiger partial charge in [0.05, 0.1) is 35.3 Å². The normalized spacial score (nSPS) is 13.3. The molecule has 0 amide bonds. The van der Waals surface area contributed by atoms with Crippen LogP contribution in [0, 0.1) is 0 Å². The van der Waals surface area contributed by atoms with Gasteiger partial charge in [0.1, 0.15) is 0 Å². The summed E-state index contributed by atoms with van der Waals surface area (Å²) in [4.78, 5) is 19.6. The van der Waals surface area contributed by atoms with Crippen molar-refractivity contribution in [3.63, 3.8) is 0 Å². The molecule has 1 aromatic heterocycles. The van der Waals surface area contributed by atoms with E-state index >= 15 is 0 Å². The van der Waals surface area contributed by atoms with Crippen molar-refractivity contribution < 1.29 is 9.53 Å². The van der Waals surface area contributed by atoms with E-state index in [1.165, 1.54) is 6.20 Å². The number of carbonyl (C=O) groups excluding carboxylic acids is 1. The molecule has 1 aliphatic heterocycles. The van der Waals surface area contributed by atoms with E-state index in [-0.39, 0.29) is 5.97 Å². The van der Waals surface area contributed by atoms with Gasteiger partial charge in [-0.2, -0.15) is 0 Å². The first kappa shape index (κ1) is 10.1. The molecule has 0 atom stereocenters. The zero-order chi connectivity index (χ0) is 10.8. The van der Waals surface area contributed by atoms with Gasteiger partial charge in [-0.1, -0.05) is 11.6 Å². The van der Waals surface area contributed by atoms with Gasteiger partial charge >= 0.3 is 5.97 Å². The topological polar surface area (TPSA) is 51.5 Å².